The zero-order chi connectivity index (χ0) is 8.97. The Labute approximate surface area is 73.5 Å². The van der Waals surface area contributed by atoms with Crippen molar-refractivity contribution < 1.29 is 9.53 Å². The van der Waals surface area contributed by atoms with Crippen molar-refractivity contribution in [3.8, 4) is 0 Å². The monoisotopic (exact) mass is 171 g/mol. The summed E-state index contributed by atoms with van der Waals surface area (Å²) in [6.45, 7) is 5.88. The molecule has 0 amide bonds. The molecule has 12 heavy (non-hydrogen) atoms. The lowest BCUT2D eigenvalue weighted by atomic mass is 10.1. The van der Waals surface area contributed by atoms with Crippen LogP contribution in [-0.2, 0) is 9.53 Å². The van der Waals surface area contributed by atoms with Crippen molar-refractivity contribution in [1.82, 2.24) is 5.32 Å². The molecule has 1 saturated heterocycles. The summed E-state index contributed by atoms with van der Waals surface area (Å²) in [4.78, 5) is 10.9. The molecule has 1 aliphatic heterocycles. The molecule has 1 fully saturated rings. The molecule has 1 heterocycles. The Balaban J connectivity index is 2.18. The number of esters is 1. The van der Waals surface area contributed by atoms with Crippen molar-refractivity contribution in [2.24, 2.45) is 5.92 Å². The van der Waals surface area contributed by atoms with Crippen LogP contribution in [0.4, 0.5) is 0 Å². The molecule has 3 heteroatoms. The van der Waals surface area contributed by atoms with Gasteiger partial charge in [0.2, 0.25) is 0 Å². The number of ether oxygens (including phenoxy) is 1. The van der Waals surface area contributed by atoms with Crippen molar-refractivity contribution in [1.29, 1.82) is 0 Å². The average Bonchev–Trinajstić information content (AvgIpc) is 2.01. The summed E-state index contributed by atoms with van der Waals surface area (Å²) >= 11 is 0. The Bertz CT molecular complexity index is 157. The van der Waals surface area contributed by atoms with Crippen LogP contribution in [0.2, 0.25) is 0 Å². The summed E-state index contributed by atoms with van der Waals surface area (Å²) in [6.07, 6.45) is 1.49. The van der Waals surface area contributed by atoms with Gasteiger partial charge < -0.3 is 10.1 Å². The SMILES string of the molecule is CC(C)CNC1CCOC(=O)C1. The fourth-order valence-electron chi connectivity index (χ4n) is 1.25. The van der Waals surface area contributed by atoms with E-state index in [0.29, 0.717) is 25.0 Å². The first-order valence-corrected chi connectivity index (χ1v) is 4.57. The van der Waals surface area contributed by atoms with Crippen molar-refractivity contribution in [2.75, 3.05) is 13.2 Å². The fourth-order valence-corrected chi connectivity index (χ4v) is 1.25. The molecule has 0 bridgehead atoms. The fraction of sp³-hybridized carbons (Fsp3) is 0.889. The first-order chi connectivity index (χ1) is 5.68. The maximum absolute atomic E-state index is 10.9. The Morgan fingerprint density at radius 1 is 1.67 bits per heavy atom. The Morgan fingerprint density at radius 3 is 3.00 bits per heavy atom. The van der Waals surface area contributed by atoms with E-state index in [2.05, 4.69) is 19.2 Å². The molecule has 0 radical (unpaired) electrons. The number of rotatable bonds is 3. The minimum absolute atomic E-state index is 0.0671. The molecule has 1 atom stereocenters. The van der Waals surface area contributed by atoms with Gasteiger partial charge in [-0.1, -0.05) is 13.8 Å². The molecule has 1 N–H and O–H groups in total. The summed E-state index contributed by atoms with van der Waals surface area (Å²) in [6, 6.07) is 0.341. The normalized spacial score (nSPS) is 24.2. The molecule has 70 valence electrons. The van der Waals surface area contributed by atoms with Gasteiger partial charge in [0, 0.05) is 6.04 Å². The molecule has 3 nitrogen and oxygen atoms in total. The predicted molar refractivity (Wildman–Crippen MR) is 46.8 cm³/mol. The second kappa shape index (κ2) is 4.45. The largest absolute Gasteiger partial charge is 0.466 e. The zero-order valence-electron chi connectivity index (χ0n) is 7.80. The van der Waals surface area contributed by atoms with Gasteiger partial charge in [-0.25, -0.2) is 0 Å². The van der Waals surface area contributed by atoms with E-state index < -0.39 is 0 Å². The third-order valence-electron chi connectivity index (χ3n) is 1.96. The second-order valence-electron chi connectivity index (χ2n) is 3.71. The van der Waals surface area contributed by atoms with Crippen LogP contribution in [0.25, 0.3) is 0 Å². The number of carbonyl (C=O) groups excluding carboxylic acids is 1. The molecule has 0 aliphatic carbocycles. The van der Waals surface area contributed by atoms with E-state index in [1.807, 2.05) is 0 Å². The smallest absolute Gasteiger partial charge is 0.307 e. The van der Waals surface area contributed by atoms with E-state index >= 15 is 0 Å². The van der Waals surface area contributed by atoms with Gasteiger partial charge in [0.05, 0.1) is 13.0 Å². The van der Waals surface area contributed by atoms with Gasteiger partial charge in [-0.3, -0.25) is 4.79 Å². The van der Waals surface area contributed by atoms with Gasteiger partial charge in [0.1, 0.15) is 0 Å². The van der Waals surface area contributed by atoms with Gasteiger partial charge >= 0.3 is 5.97 Å². The highest BCUT2D eigenvalue weighted by atomic mass is 16.5. The third kappa shape index (κ3) is 3.22. The average molecular weight is 171 g/mol. The second-order valence-corrected chi connectivity index (χ2v) is 3.71. The number of cyclic esters (lactones) is 1. The Hall–Kier alpha value is -0.570. The molecule has 0 spiro atoms. The van der Waals surface area contributed by atoms with Crippen molar-refractivity contribution in [3.63, 3.8) is 0 Å². The summed E-state index contributed by atoms with van der Waals surface area (Å²) < 4.78 is 4.84. The van der Waals surface area contributed by atoms with Crippen molar-refractivity contribution in [2.45, 2.75) is 32.7 Å². The van der Waals surface area contributed by atoms with Crippen LogP contribution < -0.4 is 5.32 Å². The molecular weight excluding hydrogens is 154 g/mol. The van der Waals surface area contributed by atoms with Crippen LogP contribution >= 0.6 is 0 Å². The van der Waals surface area contributed by atoms with Crippen molar-refractivity contribution >= 4 is 5.97 Å². The molecule has 1 aliphatic rings. The van der Waals surface area contributed by atoms with Gasteiger partial charge in [0.15, 0.2) is 0 Å². The van der Waals surface area contributed by atoms with Crippen LogP contribution in [0, 0.1) is 5.92 Å². The van der Waals surface area contributed by atoms with Gasteiger partial charge in [0.25, 0.3) is 0 Å². The number of hydrogen-bond acceptors (Lipinski definition) is 3. The third-order valence-corrected chi connectivity index (χ3v) is 1.96. The summed E-state index contributed by atoms with van der Waals surface area (Å²) in [5, 5.41) is 3.35. The summed E-state index contributed by atoms with van der Waals surface area (Å²) in [5.74, 6) is 0.574. The molecule has 1 unspecified atom stereocenters. The van der Waals surface area contributed by atoms with E-state index in [0.717, 1.165) is 13.0 Å². The number of hydrogen-bond donors (Lipinski definition) is 1. The van der Waals surface area contributed by atoms with E-state index in [4.69, 9.17) is 4.74 Å². The lowest BCUT2D eigenvalue weighted by Crippen LogP contribution is -2.38. The maximum atomic E-state index is 10.9. The van der Waals surface area contributed by atoms with E-state index in [1.165, 1.54) is 0 Å². The number of nitrogens with one attached hydrogen (secondary N) is 1. The topological polar surface area (TPSA) is 38.3 Å². The minimum Gasteiger partial charge on any atom is -0.466 e. The molecule has 0 aromatic carbocycles. The summed E-state index contributed by atoms with van der Waals surface area (Å²) in [7, 11) is 0. The van der Waals surface area contributed by atoms with E-state index in [1.54, 1.807) is 0 Å². The standard InChI is InChI=1S/C9H17NO2/c1-7(2)6-10-8-3-4-12-9(11)5-8/h7-8,10H,3-6H2,1-2H3. The van der Waals surface area contributed by atoms with E-state index in [9.17, 15) is 4.79 Å². The van der Waals surface area contributed by atoms with Gasteiger partial charge in [-0.15, -0.1) is 0 Å². The van der Waals surface area contributed by atoms with Crippen LogP contribution in [0.15, 0.2) is 0 Å². The van der Waals surface area contributed by atoms with Crippen molar-refractivity contribution in [3.05, 3.63) is 0 Å². The summed E-state index contributed by atoms with van der Waals surface area (Å²) in [5.41, 5.74) is 0. The van der Waals surface area contributed by atoms with Gasteiger partial charge in [-0.05, 0) is 18.9 Å². The maximum Gasteiger partial charge on any atom is 0.307 e. The molecule has 1 rings (SSSR count). The van der Waals surface area contributed by atoms with Crippen LogP contribution in [0.3, 0.4) is 0 Å². The highest BCUT2D eigenvalue weighted by molar-refractivity contribution is 5.70. The highest BCUT2D eigenvalue weighted by Crippen LogP contribution is 2.07. The van der Waals surface area contributed by atoms with E-state index in [-0.39, 0.29) is 5.97 Å². The molecule has 0 saturated carbocycles. The Morgan fingerprint density at radius 2 is 2.42 bits per heavy atom. The lowest BCUT2D eigenvalue weighted by Gasteiger charge is -2.23. The van der Waals surface area contributed by atoms with Crippen LogP contribution in [0.1, 0.15) is 26.7 Å². The molecular formula is C9H17NO2. The zero-order valence-corrected chi connectivity index (χ0v) is 7.80. The quantitative estimate of drug-likeness (QED) is 0.642. The molecule has 0 aromatic heterocycles. The predicted octanol–water partition coefficient (Wildman–Crippen LogP) is 0.938. The Kier molecular flexibility index (Phi) is 3.53. The van der Waals surface area contributed by atoms with Crippen LogP contribution in [-0.4, -0.2) is 25.2 Å². The first-order valence-electron chi connectivity index (χ1n) is 4.57. The first kappa shape index (κ1) is 9.52. The lowest BCUT2D eigenvalue weighted by molar-refractivity contribution is -0.147. The van der Waals surface area contributed by atoms with Gasteiger partial charge in [-0.2, -0.15) is 0 Å². The van der Waals surface area contributed by atoms with Crippen LogP contribution in [0.5, 0.6) is 0 Å². The number of carbonyl (C=O) groups is 1. The molecule has 0 aromatic rings. The highest BCUT2D eigenvalue weighted by Gasteiger charge is 2.19. The minimum atomic E-state index is -0.0671.